The van der Waals surface area contributed by atoms with Crippen LogP contribution < -0.4 is 4.43 Å². The topological polar surface area (TPSA) is 35.5 Å². The molecule has 0 saturated heterocycles. The predicted octanol–water partition coefficient (Wildman–Crippen LogP) is 3.86. The maximum atomic E-state index is 11.5. The Hall–Kier alpha value is -1.29. The number of carbonyl (C=O) groups excluding carboxylic acids is 1. The van der Waals surface area contributed by atoms with Gasteiger partial charge in [0.2, 0.25) is 8.32 Å². The smallest absolute Gasteiger partial charge is 0.337 e. The van der Waals surface area contributed by atoms with Crippen molar-refractivity contribution in [1.82, 2.24) is 0 Å². The van der Waals surface area contributed by atoms with Crippen molar-refractivity contribution in [3.63, 3.8) is 0 Å². The van der Waals surface area contributed by atoms with Gasteiger partial charge in [-0.15, -0.1) is 0 Å². The average Bonchev–Trinajstić information content (AvgIpc) is 2.26. The van der Waals surface area contributed by atoms with Gasteiger partial charge in [0, 0.05) is 0 Å². The summed E-state index contributed by atoms with van der Waals surface area (Å²) in [6, 6.07) is 7.16. The second-order valence-corrected chi connectivity index (χ2v) is 10.6. The third kappa shape index (κ3) is 3.35. The third-order valence-electron chi connectivity index (χ3n) is 3.43. The number of benzene rings is 1. The molecular weight excluding hydrogens is 244 g/mol. The third-order valence-corrected chi connectivity index (χ3v) is 7.79. The van der Waals surface area contributed by atoms with Crippen molar-refractivity contribution in [2.45, 2.75) is 38.9 Å². The molecule has 100 valence electrons. The summed E-state index contributed by atoms with van der Waals surface area (Å²) in [7, 11) is -0.487. The SMILES string of the molecule is COC(=O)c1cccc(O[Si](C)(C)C(C)(C)C)c1. The van der Waals surface area contributed by atoms with Crippen molar-refractivity contribution in [2.24, 2.45) is 0 Å². The molecule has 1 aromatic carbocycles. The quantitative estimate of drug-likeness (QED) is 0.615. The van der Waals surface area contributed by atoms with Crippen molar-refractivity contribution in [3.8, 4) is 5.75 Å². The molecule has 4 heteroatoms. The molecule has 0 fully saturated rings. The van der Waals surface area contributed by atoms with E-state index < -0.39 is 8.32 Å². The molecule has 0 amide bonds. The summed E-state index contributed by atoms with van der Waals surface area (Å²) in [4.78, 5) is 11.5. The lowest BCUT2D eigenvalue weighted by molar-refractivity contribution is 0.0600. The maximum absolute atomic E-state index is 11.5. The number of esters is 1. The molecule has 1 rings (SSSR count). The zero-order valence-corrected chi connectivity index (χ0v) is 13.0. The van der Waals surface area contributed by atoms with Gasteiger partial charge in [-0.3, -0.25) is 0 Å². The van der Waals surface area contributed by atoms with E-state index in [1.165, 1.54) is 7.11 Å². The van der Waals surface area contributed by atoms with Gasteiger partial charge in [-0.1, -0.05) is 26.8 Å². The van der Waals surface area contributed by atoms with Crippen LogP contribution in [0.4, 0.5) is 0 Å². The van der Waals surface area contributed by atoms with Crippen molar-refractivity contribution in [3.05, 3.63) is 29.8 Å². The van der Waals surface area contributed by atoms with Crippen LogP contribution in [0, 0.1) is 0 Å². The van der Waals surface area contributed by atoms with Gasteiger partial charge in [0.1, 0.15) is 5.75 Å². The van der Waals surface area contributed by atoms with E-state index in [9.17, 15) is 4.79 Å². The molecule has 0 atom stereocenters. The van der Waals surface area contributed by atoms with E-state index in [0.717, 1.165) is 5.75 Å². The van der Waals surface area contributed by atoms with Crippen molar-refractivity contribution in [1.29, 1.82) is 0 Å². The zero-order valence-electron chi connectivity index (χ0n) is 12.0. The molecule has 0 bridgehead atoms. The Morgan fingerprint density at radius 1 is 1.22 bits per heavy atom. The van der Waals surface area contributed by atoms with Gasteiger partial charge >= 0.3 is 5.97 Å². The molecule has 0 aliphatic carbocycles. The van der Waals surface area contributed by atoms with E-state index in [1.807, 2.05) is 12.1 Å². The molecule has 0 N–H and O–H groups in total. The Morgan fingerprint density at radius 2 is 1.83 bits per heavy atom. The van der Waals surface area contributed by atoms with Crippen LogP contribution in [0.2, 0.25) is 18.1 Å². The maximum Gasteiger partial charge on any atom is 0.337 e. The Kier molecular flexibility index (Phi) is 4.22. The average molecular weight is 266 g/mol. The first-order valence-electron chi connectivity index (χ1n) is 6.05. The lowest BCUT2D eigenvalue weighted by Crippen LogP contribution is -2.43. The largest absolute Gasteiger partial charge is 0.543 e. The Labute approximate surface area is 110 Å². The minimum absolute atomic E-state index is 0.133. The summed E-state index contributed by atoms with van der Waals surface area (Å²) < 4.78 is 10.8. The van der Waals surface area contributed by atoms with Crippen LogP contribution in [0.15, 0.2) is 24.3 Å². The van der Waals surface area contributed by atoms with Crippen molar-refractivity contribution in [2.75, 3.05) is 7.11 Å². The number of rotatable bonds is 3. The first kappa shape index (κ1) is 14.8. The highest BCUT2D eigenvalue weighted by Crippen LogP contribution is 2.37. The van der Waals surface area contributed by atoms with E-state index in [2.05, 4.69) is 33.9 Å². The van der Waals surface area contributed by atoms with Gasteiger partial charge in [0.25, 0.3) is 0 Å². The molecule has 3 nitrogen and oxygen atoms in total. The molecule has 0 spiro atoms. The van der Waals surface area contributed by atoms with Crippen LogP contribution >= 0.6 is 0 Å². The van der Waals surface area contributed by atoms with Crippen molar-refractivity contribution >= 4 is 14.3 Å². The summed E-state index contributed by atoms with van der Waals surface area (Å²) in [5, 5.41) is 0.133. The van der Waals surface area contributed by atoms with Crippen LogP contribution in [0.3, 0.4) is 0 Å². The first-order chi connectivity index (χ1) is 8.17. The minimum atomic E-state index is -1.87. The number of ether oxygens (including phenoxy) is 1. The lowest BCUT2D eigenvalue weighted by Gasteiger charge is -2.36. The van der Waals surface area contributed by atoms with Gasteiger partial charge in [0.15, 0.2) is 0 Å². The molecule has 0 aliphatic rings. The monoisotopic (exact) mass is 266 g/mol. The van der Waals surface area contributed by atoms with Crippen LogP contribution in [-0.4, -0.2) is 21.4 Å². The van der Waals surface area contributed by atoms with Crippen molar-refractivity contribution < 1.29 is 14.0 Å². The van der Waals surface area contributed by atoms with Crippen LogP contribution in [0.25, 0.3) is 0 Å². The van der Waals surface area contributed by atoms with Gasteiger partial charge in [-0.25, -0.2) is 4.79 Å². The molecule has 0 unspecified atom stereocenters. The highest BCUT2D eigenvalue weighted by Gasteiger charge is 2.39. The second kappa shape index (κ2) is 5.14. The first-order valence-corrected chi connectivity index (χ1v) is 8.95. The second-order valence-electron chi connectivity index (χ2n) is 5.88. The number of carbonyl (C=O) groups is 1. The van der Waals surface area contributed by atoms with Gasteiger partial charge < -0.3 is 9.16 Å². The molecule has 18 heavy (non-hydrogen) atoms. The fraction of sp³-hybridized carbons (Fsp3) is 0.500. The number of methoxy groups -OCH3 is 1. The molecule has 0 heterocycles. The molecular formula is C14H22O3Si. The van der Waals surface area contributed by atoms with E-state index in [-0.39, 0.29) is 11.0 Å². The lowest BCUT2D eigenvalue weighted by atomic mass is 10.2. The summed E-state index contributed by atoms with van der Waals surface area (Å²) in [5.74, 6) is 0.403. The van der Waals surface area contributed by atoms with E-state index in [1.54, 1.807) is 12.1 Å². The Bertz CT molecular complexity index is 433. The fourth-order valence-corrected chi connectivity index (χ4v) is 2.27. The molecule has 0 radical (unpaired) electrons. The highest BCUT2D eigenvalue weighted by molar-refractivity contribution is 6.74. The molecule has 0 aromatic heterocycles. The zero-order chi connectivity index (χ0) is 14.0. The Balaban J connectivity index is 2.96. The molecule has 1 aromatic rings. The molecule has 0 aliphatic heterocycles. The van der Waals surface area contributed by atoms with E-state index in [4.69, 9.17) is 9.16 Å². The van der Waals surface area contributed by atoms with Crippen LogP contribution in [0.1, 0.15) is 31.1 Å². The fourth-order valence-electron chi connectivity index (χ4n) is 1.25. The van der Waals surface area contributed by atoms with Gasteiger partial charge in [-0.05, 0) is 36.3 Å². The van der Waals surface area contributed by atoms with Gasteiger partial charge in [0.05, 0.1) is 12.7 Å². The molecule has 0 saturated carbocycles. The standard InChI is InChI=1S/C14H22O3Si/c1-14(2,3)18(5,6)17-12-9-7-8-11(10-12)13(15)16-4/h7-10H,1-6H3. The van der Waals surface area contributed by atoms with Gasteiger partial charge in [-0.2, -0.15) is 0 Å². The highest BCUT2D eigenvalue weighted by atomic mass is 28.4. The Morgan fingerprint density at radius 3 is 2.33 bits per heavy atom. The normalized spacial score (nSPS) is 12.1. The van der Waals surface area contributed by atoms with E-state index in [0.29, 0.717) is 5.56 Å². The number of hydrogen-bond acceptors (Lipinski definition) is 3. The summed E-state index contributed by atoms with van der Waals surface area (Å²) in [5.41, 5.74) is 0.522. The predicted molar refractivity (Wildman–Crippen MR) is 75.6 cm³/mol. The van der Waals surface area contributed by atoms with Crippen LogP contribution in [-0.2, 0) is 4.74 Å². The summed E-state index contributed by atoms with van der Waals surface area (Å²) in [6.07, 6.45) is 0. The van der Waals surface area contributed by atoms with E-state index >= 15 is 0 Å². The number of hydrogen-bond donors (Lipinski definition) is 0. The minimum Gasteiger partial charge on any atom is -0.543 e. The summed E-state index contributed by atoms with van der Waals surface area (Å²) >= 11 is 0. The summed E-state index contributed by atoms with van der Waals surface area (Å²) in [6.45, 7) is 10.9. The van der Waals surface area contributed by atoms with Crippen LogP contribution in [0.5, 0.6) is 5.75 Å².